The lowest BCUT2D eigenvalue weighted by Crippen LogP contribution is -2.13. The van der Waals surface area contributed by atoms with Gasteiger partial charge in [0, 0.05) is 12.1 Å². The topological polar surface area (TPSA) is 107 Å². The molecule has 0 aliphatic heterocycles. The lowest BCUT2D eigenvalue weighted by atomic mass is 10.1. The third-order valence-corrected chi connectivity index (χ3v) is 5.03. The van der Waals surface area contributed by atoms with Crippen molar-refractivity contribution in [3.05, 3.63) is 65.9 Å². The van der Waals surface area contributed by atoms with Crippen molar-refractivity contribution in [3.8, 4) is 17.0 Å². The number of primary sulfonamides is 1. The van der Waals surface area contributed by atoms with Crippen molar-refractivity contribution in [2.45, 2.75) is 17.6 Å². The first kappa shape index (κ1) is 21.5. The number of nitrogens with zero attached hydrogens (tertiary/aromatic N) is 2. The maximum atomic E-state index is 13.3. The summed E-state index contributed by atoms with van der Waals surface area (Å²) in [6, 6.07) is 12.8. The molecule has 2 aromatic carbocycles. The number of halogens is 3. The van der Waals surface area contributed by atoms with E-state index in [9.17, 15) is 21.6 Å². The number of rotatable bonds is 6. The van der Waals surface area contributed by atoms with E-state index >= 15 is 0 Å². The third kappa shape index (κ3) is 5.24. The van der Waals surface area contributed by atoms with Crippen LogP contribution in [0, 0.1) is 0 Å². The van der Waals surface area contributed by atoms with Crippen molar-refractivity contribution in [3.63, 3.8) is 0 Å². The summed E-state index contributed by atoms with van der Waals surface area (Å²) < 4.78 is 67.7. The molecule has 0 atom stereocenters. The lowest BCUT2D eigenvalue weighted by Gasteiger charge is -2.12. The summed E-state index contributed by atoms with van der Waals surface area (Å²) in [7, 11) is -2.39. The Morgan fingerprint density at radius 1 is 1.03 bits per heavy atom. The second-order valence-corrected chi connectivity index (χ2v) is 7.79. The fraction of sp³-hybridized carbons (Fsp3) is 0.158. The molecule has 3 aromatic rings. The van der Waals surface area contributed by atoms with Gasteiger partial charge in [-0.1, -0.05) is 24.3 Å². The number of sulfonamides is 1. The van der Waals surface area contributed by atoms with Crippen LogP contribution < -0.4 is 15.2 Å². The molecule has 0 spiro atoms. The zero-order valence-corrected chi connectivity index (χ0v) is 16.5. The molecule has 0 saturated heterocycles. The van der Waals surface area contributed by atoms with Crippen molar-refractivity contribution in [2.24, 2.45) is 5.14 Å². The maximum absolute atomic E-state index is 13.3. The predicted molar refractivity (Wildman–Crippen MR) is 104 cm³/mol. The molecule has 0 aliphatic rings. The summed E-state index contributed by atoms with van der Waals surface area (Å²) in [4.78, 5) is 7.52. The van der Waals surface area contributed by atoms with E-state index in [1.54, 1.807) is 24.3 Å². The average Bonchev–Trinajstić information content (AvgIpc) is 2.71. The SMILES string of the molecule is COc1ccc(CNc2nc(-c3ccc(S(N)(=O)=O)cc3)cc(C(F)(F)F)n2)cc1. The number of hydrogen-bond acceptors (Lipinski definition) is 6. The van der Waals surface area contributed by atoms with E-state index < -0.39 is 21.9 Å². The molecule has 0 amide bonds. The molecule has 1 heterocycles. The Bertz CT molecular complexity index is 1130. The van der Waals surface area contributed by atoms with Gasteiger partial charge in [-0.2, -0.15) is 13.2 Å². The average molecular weight is 438 g/mol. The Morgan fingerprint density at radius 3 is 2.20 bits per heavy atom. The fourth-order valence-electron chi connectivity index (χ4n) is 2.56. The smallest absolute Gasteiger partial charge is 0.433 e. The van der Waals surface area contributed by atoms with Crippen LogP contribution >= 0.6 is 0 Å². The molecule has 3 rings (SSSR count). The first-order chi connectivity index (χ1) is 14.1. The summed E-state index contributed by atoms with van der Waals surface area (Å²) in [6.45, 7) is 0.190. The highest BCUT2D eigenvalue weighted by atomic mass is 32.2. The van der Waals surface area contributed by atoms with Gasteiger partial charge in [-0.15, -0.1) is 0 Å². The molecular weight excluding hydrogens is 421 g/mol. The van der Waals surface area contributed by atoms with E-state index in [-0.39, 0.29) is 28.6 Å². The quantitative estimate of drug-likeness (QED) is 0.611. The van der Waals surface area contributed by atoms with Gasteiger partial charge >= 0.3 is 6.18 Å². The van der Waals surface area contributed by atoms with Crippen molar-refractivity contribution < 1.29 is 26.3 Å². The summed E-state index contributed by atoms with van der Waals surface area (Å²) in [6.07, 6.45) is -4.69. The van der Waals surface area contributed by atoms with E-state index in [0.29, 0.717) is 5.75 Å². The molecule has 3 N–H and O–H groups in total. The number of nitrogens with two attached hydrogens (primary N) is 1. The second-order valence-electron chi connectivity index (χ2n) is 6.23. The van der Waals surface area contributed by atoms with Crippen LogP contribution in [0.3, 0.4) is 0 Å². The van der Waals surface area contributed by atoms with Crippen molar-refractivity contribution in [1.82, 2.24) is 9.97 Å². The standard InChI is InChI=1S/C19H17F3N4O3S/c1-29-14-6-2-12(3-7-14)11-24-18-25-16(10-17(26-18)19(20,21)22)13-4-8-15(9-5-13)30(23,27)28/h2-10H,11H2,1H3,(H2,23,27,28)(H,24,25,26). The van der Waals surface area contributed by atoms with Gasteiger partial charge in [-0.05, 0) is 35.9 Å². The number of aromatic nitrogens is 2. The van der Waals surface area contributed by atoms with Crippen LogP contribution in [0.2, 0.25) is 0 Å². The van der Waals surface area contributed by atoms with E-state index in [4.69, 9.17) is 9.88 Å². The number of benzene rings is 2. The van der Waals surface area contributed by atoms with E-state index in [1.165, 1.54) is 31.4 Å². The second kappa shape index (κ2) is 8.28. The number of alkyl halides is 3. The number of methoxy groups -OCH3 is 1. The van der Waals surface area contributed by atoms with Crippen LogP contribution in [0.5, 0.6) is 5.75 Å². The highest BCUT2D eigenvalue weighted by Gasteiger charge is 2.33. The number of anilines is 1. The highest BCUT2D eigenvalue weighted by molar-refractivity contribution is 7.89. The number of nitrogens with one attached hydrogen (secondary N) is 1. The van der Waals surface area contributed by atoms with Crippen molar-refractivity contribution >= 4 is 16.0 Å². The van der Waals surface area contributed by atoms with Gasteiger partial charge in [-0.3, -0.25) is 0 Å². The molecule has 0 unspecified atom stereocenters. The zero-order chi connectivity index (χ0) is 21.9. The molecule has 0 aliphatic carbocycles. The van der Waals surface area contributed by atoms with Gasteiger partial charge in [0.1, 0.15) is 5.75 Å². The predicted octanol–water partition coefficient (Wildman–Crippen LogP) is 3.43. The lowest BCUT2D eigenvalue weighted by molar-refractivity contribution is -0.141. The van der Waals surface area contributed by atoms with Crippen molar-refractivity contribution in [2.75, 3.05) is 12.4 Å². The van der Waals surface area contributed by atoms with Gasteiger partial charge in [0.2, 0.25) is 16.0 Å². The molecule has 0 fully saturated rings. The molecular formula is C19H17F3N4O3S. The molecule has 11 heteroatoms. The van der Waals surface area contributed by atoms with Gasteiger partial charge < -0.3 is 10.1 Å². The van der Waals surface area contributed by atoms with Crippen LogP contribution in [0.4, 0.5) is 19.1 Å². The molecule has 7 nitrogen and oxygen atoms in total. The minimum atomic E-state index is -4.69. The Balaban J connectivity index is 1.91. The van der Waals surface area contributed by atoms with E-state index in [2.05, 4.69) is 15.3 Å². The molecule has 30 heavy (non-hydrogen) atoms. The van der Waals surface area contributed by atoms with Crippen LogP contribution in [0.15, 0.2) is 59.5 Å². The summed E-state index contributed by atoms with van der Waals surface area (Å²) in [5.74, 6) is 0.436. The van der Waals surface area contributed by atoms with Crippen LogP contribution in [0.1, 0.15) is 11.3 Å². The Kier molecular flexibility index (Phi) is 5.94. The zero-order valence-electron chi connectivity index (χ0n) is 15.6. The number of ether oxygens (including phenoxy) is 1. The van der Waals surface area contributed by atoms with Crippen LogP contribution in [0.25, 0.3) is 11.3 Å². The molecule has 0 bridgehead atoms. The summed E-state index contributed by atoms with van der Waals surface area (Å²) in [5, 5.41) is 7.82. The van der Waals surface area contributed by atoms with Gasteiger partial charge in [0.25, 0.3) is 0 Å². The normalized spacial score (nSPS) is 11.9. The van der Waals surface area contributed by atoms with Crippen LogP contribution in [-0.4, -0.2) is 25.5 Å². The van der Waals surface area contributed by atoms with Gasteiger partial charge in [0.15, 0.2) is 5.69 Å². The third-order valence-electron chi connectivity index (χ3n) is 4.10. The molecule has 0 saturated carbocycles. The van der Waals surface area contributed by atoms with Gasteiger partial charge in [-0.25, -0.2) is 23.5 Å². The first-order valence-electron chi connectivity index (χ1n) is 8.52. The Hall–Kier alpha value is -3.18. The Morgan fingerprint density at radius 2 is 1.67 bits per heavy atom. The van der Waals surface area contributed by atoms with E-state index in [0.717, 1.165) is 11.6 Å². The molecule has 158 valence electrons. The number of hydrogen-bond donors (Lipinski definition) is 2. The molecule has 0 radical (unpaired) electrons. The molecule has 1 aromatic heterocycles. The fourth-order valence-corrected chi connectivity index (χ4v) is 3.07. The summed E-state index contributed by atoms with van der Waals surface area (Å²) in [5.41, 5.74) is -0.0746. The summed E-state index contributed by atoms with van der Waals surface area (Å²) >= 11 is 0. The van der Waals surface area contributed by atoms with Gasteiger partial charge in [0.05, 0.1) is 17.7 Å². The van der Waals surface area contributed by atoms with Crippen LogP contribution in [-0.2, 0) is 22.7 Å². The minimum absolute atomic E-state index is 0.0180. The highest BCUT2D eigenvalue weighted by Crippen LogP contribution is 2.31. The Labute approximate surface area is 170 Å². The minimum Gasteiger partial charge on any atom is -0.497 e. The first-order valence-corrected chi connectivity index (χ1v) is 10.1. The van der Waals surface area contributed by atoms with E-state index in [1.807, 2.05) is 0 Å². The van der Waals surface area contributed by atoms with Crippen molar-refractivity contribution in [1.29, 1.82) is 0 Å². The largest absolute Gasteiger partial charge is 0.497 e. The monoisotopic (exact) mass is 438 g/mol. The maximum Gasteiger partial charge on any atom is 0.433 e.